The van der Waals surface area contributed by atoms with Gasteiger partial charge in [0.25, 0.3) is 0 Å². The van der Waals surface area contributed by atoms with Crippen molar-refractivity contribution < 1.29 is 4.79 Å². The van der Waals surface area contributed by atoms with Crippen molar-refractivity contribution in [2.24, 2.45) is 0 Å². The highest BCUT2D eigenvalue weighted by molar-refractivity contribution is 7.80. The van der Waals surface area contributed by atoms with E-state index in [2.05, 4.69) is 12.6 Å². The summed E-state index contributed by atoms with van der Waals surface area (Å²) < 4.78 is 1.03. The number of hydrogen-bond donors (Lipinski definition) is 2. The minimum absolute atomic E-state index is 0.587. The molecule has 1 aromatic heterocycles. The molecule has 0 aliphatic rings. The molecule has 1 aromatic carbocycles. The fourth-order valence-electron chi connectivity index (χ4n) is 1.26. The second-order valence-corrected chi connectivity index (χ2v) is 4.07. The van der Waals surface area contributed by atoms with E-state index in [1.54, 1.807) is 5.38 Å². The van der Waals surface area contributed by atoms with Crippen LogP contribution in [0.4, 0.5) is 5.69 Å². The van der Waals surface area contributed by atoms with Gasteiger partial charge in [0.15, 0.2) is 6.29 Å². The van der Waals surface area contributed by atoms with Crippen LogP contribution in [0, 0.1) is 0 Å². The number of benzene rings is 1. The third kappa shape index (κ3) is 1.22. The van der Waals surface area contributed by atoms with Crippen molar-refractivity contribution in [1.82, 2.24) is 0 Å². The Kier molecular flexibility index (Phi) is 2.01. The van der Waals surface area contributed by atoms with Gasteiger partial charge in [-0.15, -0.1) is 24.0 Å². The van der Waals surface area contributed by atoms with Gasteiger partial charge in [0, 0.05) is 25.9 Å². The van der Waals surface area contributed by atoms with Gasteiger partial charge in [-0.05, 0) is 12.1 Å². The summed E-state index contributed by atoms with van der Waals surface area (Å²) in [6.45, 7) is 0. The molecule has 0 amide bonds. The number of carbonyl (C=O) groups is 1. The highest BCUT2D eigenvalue weighted by Gasteiger charge is 2.08. The molecule has 13 heavy (non-hydrogen) atoms. The molecular weight excluding hydrogens is 202 g/mol. The van der Waals surface area contributed by atoms with Gasteiger partial charge >= 0.3 is 0 Å². The first-order valence-electron chi connectivity index (χ1n) is 3.68. The van der Waals surface area contributed by atoms with E-state index >= 15 is 0 Å². The SMILES string of the molecule is Nc1c(S)ccc2scc(C=O)c12. The van der Waals surface area contributed by atoms with Crippen LogP contribution in [0.1, 0.15) is 10.4 Å². The van der Waals surface area contributed by atoms with Crippen molar-refractivity contribution in [3.05, 3.63) is 23.1 Å². The molecule has 1 heterocycles. The second-order valence-electron chi connectivity index (χ2n) is 2.68. The van der Waals surface area contributed by atoms with Gasteiger partial charge in [-0.3, -0.25) is 4.79 Å². The maximum Gasteiger partial charge on any atom is 0.151 e. The minimum Gasteiger partial charge on any atom is -0.397 e. The lowest BCUT2D eigenvalue weighted by atomic mass is 10.1. The number of thiophene rings is 1. The number of aldehydes is 1. The fraction of sp³-hybridized carbons (Fsp3) is 0. The number of nitrogens with two attached hydrogens (primary N) is 1. The average Bonchev–Trinajstić information content (AvgIpc) is 2.55. The zero-order valence-electron chi connectivity index (χ0n) is 6.65. The zero-order chi connectivity index (χ0) is 9.42. The van der Waals surface area contributed by atoms with Crippen molar-refractivity contribution in [2.45, 2.75) is 4.90 Å². The Bertz CT molecular complexity index is 476. The molecule has 2 rings (SSSR count). The standard InChI is InChI=1S/C9H7NOS2/c10-9-6(12)1-2-7-8(9)5(3-11)4-13-7/h1-4,12H,10H2. The summed E-state index contributed by atoms with van der Waals surface area (Å²) in [5.74, 6) is 0. The Balaban J connectivity index is 2.93. The van der Waals surface area contributed by atoms with E-state index in [0.29, 0.717) is 16.1 Å². The normalized spacial score (nSPS) is 10.5. The van der Waals surface area contributed by atoms with Crippen LogP contribution in [0.5, 0.6) is 0 Å². The number of fused-ring (bicyclic) bond motifs is 1. The Morgan fingerprint density at radius 1 is 1.46 bits per heavy atom. The van der Waals surface area contributed by atoms with Gasteiger partial charge in [-0.25, -0.2) is 0 Å². The number of thiol groups is 1. The summed E-state index contributed by atoms with van der Waals surface area (Å²) in [6, 6.07) is 3.76. The molecule has 0 aliphatic carbocycles. The summed E-state index contributed by atoms with van der Waals surface area (Å²) >= 11 is 5.71. The van der Waals surface area contributed by atoms with Crippen LogP contribution in [0.15, 0.2) is 22.4 Å². The van der Waals surface area contributed by atoms with E-state index in [9.17, 15) is 4.79 Å². The highest BCUT2D eigenvalue weighted by Crippen LogP contribution is 2.33. The number of anilines is 1. The maximum absolute atomic E-state index is 10.7. The minimum atomic E-state index is 0.587. The summed E-state index contributed by atoms with van der Waals surface area (Å²) in [7, 11) is 0. The van der Waals surface area contributed by atoms with Gasteiger partial charge in [0.05, 0.1) is 5.69 Å². The van der Waals surface area contributed by atoms with E-state index in [1.807, 2.05) is 12.1 Å². The Hall–Kier alpha value is -1.00. The first kappa shape index (κ1) is 8.59. The van der Waals surface area contributed by atoms with Crippen molar-refractivity contribution in [3.8, 4) is 0 Å². The molecule has 66 valence electrons. The van der Waals surface area contributed by atoms with Crippen LogP contribution >= 0.6 is 24.0 Å². The number of rotatable bonds is 1. The molecule has 4 heteroatoms. The molecule has 0 aliphatic heterocycles. The van der Waals surface area contributed by atoms with Crippen molar-refractivity contribution >= 4 is 46.0 Å². The van der Waals surface area contributed by atoms with Gasteiger partial charge in [-0.1, -0.05) is 0 Å². The zero-order valence-corrected chi connectivity index (χ0v) is 8.36. The first-order valence-corrected chi connectivity index (χ1v) is 5.00. The van der Waals surface area contributed by atoms with E-state index < -0.39 is 0 Å². The van der Waals surface area contributed by atoms with Gasteiger partial charge in [-0.2, -0.15) is 0 Å². The van der Waals surface area contributed by atoms with Crippen LogP contribution in [-0.4, -0.2) is 6.29 Å². The average molecular weight is 209 g/mol. The third-order valence-corrected chi connectivity index (χ3v) is 3.27. The number of nitrogen functional groups attached to an aromatic ring is 1. The van der Waals surface area contributed by atoms with Crippen LogP contribution in [0.25, 0.3) is 10.1 Å². The highest BCUT2D eigenvalue weighted by atomic mass is 32.1. The summed E-state index contributed by atoms with van der Waals surface area (Å²) in [5.41, 5.74) is 7.04. The molecule has 0 radical (unpaired) electrons. The van der Waals surface area contributed by atoms with Gasteiger partial charge in [0.1, 0.15) is 0 Å². The molecule has 0 bridgehead atoms. The Labute approximate surface area is 84.8 Å². The lowest BCUT2D eigenvalue weighted by molar-refractivity contribution is 0.112. The lowest BCUT2D eigenvalue weighted by Crippen LogP contribution is -1.89. The third-order valence-electron chi connectivity index (χ3n) is 1.91. The molecule has 0 spiro atoms. The maximum atomic E-state index is 10.7. The molecule has 2 nitrogen and oxygen atoms in total. The predicted molar refractivity (Wildman–Crippen MR) is 58.9 cm³/mol. The topological polar surface area (TPSA) is 43.1 Å². The number of hydrogen-bond acceptors (Lipinski definition) is 4. The van der Waals surface area contributed by atoms with Crippen LogP contribution < -0.4 is 5.73 Å². The number of carbonyl (C=O) groups excluding carboxylic acids is 1. The lowest BCUT2D eigenvalue weighted by Gasteiger charge is -2.00. The Morgan fingerprint density at radius 3 is 2.92 bits per heavy atom. The summed E-state index contributed by atoms with van der Waals surface area (Å²) in [5, 5.41) is 2.63. The van der Waals surface area contributed by atoms with Crippen LogP contribution in [0.3, 0.4) is 0 Å². The molecule has 2 N–H and O–H groups in total. The fourth-order valence-corrected chi connectivity index (χ4v) is 2.36. The molecule has 0 saturated carbocycles. The van der Waals surface area contributed by atoms with Crippen molar-refractivity contribution in [3.63, 3.8) is 0 Å². The predicted octanol–water partition coefficient (Wildman–Crippen LogP) is 2.58. The molecule has 0 unspecified atom stereocenters. The van der Waals surface area contributed by atoms with Crippen molar-refractivity contribution in [1.29, 1.82) is 0 Å². The smallest absolute Gasteiger partial charge is 0.151 e. The molecule has 0 fully saturated rings. The van der Waals surface area contributed by atoms with E-state index in [0.717, 1.165) is 16.4 Å². The summed E-state index contributed by atoms with van der Waals surface area (Å²) in [6.07, 6.45) is 0.822. The van der Waals surface area contributed by atoms with E-state index in [4.69, 9.17) is 5.73 Å². The van der Waals surface area contributed by atoms with Gasteiger partial charge < -0.3 is 5.73 Å². The van der Waals surface area contributed by atoms with Crippen LogP contribution in [-0.2, 0) is 0 Å². The molecule has 0 saturated heterocycles. The quantitative estimate of drug-likeness (QED) is 0.430. The first-order chi connectivity index (χ1) is 6.24. The summed E-state index contributed by atoms with van der Waals surface area (Å²) in [4.78, 5) is 11.4. The second kappa shape index (κ2) is 3.05. The van der Waals surface area contributed by atoms with E-state index in [1.165, 1.54) is 11.3 Å². The monoisotopic (exact) mass is 209 g/mol. The molecular formula is C9H7NOS2. The molecule has 0 atom stereocenters. The largest absolute Gasteiger partial charge is 0.397 e. The van der Waals surface area contributed by atoms with Gasteiger partial charge in [0.2, 0.25) is 0 Å². The molecule has 2 aromatic rings. The van der Waals surface area contributed by atoms with E-state index in [-0.39, 0.29) is 0 Å². The Morgan fingerprint density at radius 2 is 2.23 bits per heavy atom. The van der Waals surface area contributed by atoms with Crippen LogP contribution in [0.2, 0.25) is 0 Å². The van der Waals surface area contributed by atoms with Crippen molar-refractivity contribution in [2.75, 3.05) is 5.73 Å².